The number of halogens is 4. The fourth-order valence-corrected chi connectivity index (χ4v) is 1.82. The van der Waals surface area contributed by atoms with Crippen LogP contribution in [0.5, 0.6) is 0 Å². The molecule has 1 aromatic rings. The Morgan fingerprint density at radius 2 is 1.96 bits per heavy atom. The van der Waals surface area contributed by atoms with Crippen molar-refractivity contribution in [2.75, 3.05) is 12.4 Å². The van der Waals surface area contributed by atoms with Gasteiger partial charge in [0.05, 0.1) is 7.11 Å². The topological polar surface area (TPSA) is 46.0 Å². The fraction of sp³-hybridized carbons (Fsp3) is 0.294. The number of allylic oxidation sites excluding steroid dienone is 1. The van der Waals surface area contributed by atoms with Crippen LogP contribution < -0.4 is 5.32 Å². The standard InChI is InChI=1S/C17H19ClF3N3O/c1-10-8-14(18)6-7-15(10)24-16(23-13(4)17(19,20)21)22-9-11(2)12(3)25-5/h6-9H,3H2,1-2,4-5H3,(H,22,24)/b11-9+,23-13+. The molecule has 0 heterocycles. The van der Waals surface area contributed by atoms with Gasteiger partial charge in [-0.2, -0.15) is 13.2 Å². The molecule has 4 nitrogen and oxygen atoms in total. The van der Waals surface area contributed by atoms with Crippen LogP contribution in [0.3, 0.4) is 0 Å². The number of hydrogen-bond acceptors (Lipinski definition) is 2. The van der Waals surface area contributed by atoms with Gasteiger partial charge in [0.1, 0.15) is 11.5 Å². The second-order valence-electron chi connectivity index (χ2n) is 5.17. The minimum atomic E-state index is -4.55. The van der Waals surface area contributed by atoms with E-state index >= 15 is 0 Å². The average molecular weight is 374 g/mol. The Kier molecular flexibility index (Phi) is 7.23. The first-order chi connectivity index (χ1) is 11.5. The van der Waals surface area contributed by atoms with Crippen LogP contribution in [0.2, 0.25) is 5.02 Å². The molecule has 0 spiro atoms. The fourth-order valence-electron chi connectivity index (χ4n) is 1.59. The van der Waals surface area contributed by atoms with E-state index in [1.165, 1.54) is 13.3 Å². The van der Waals surface area contributed by atoms with E-state index in [0.29, 0.717) is 22.0 Å². The van der Waals surface area contributed by atoms with Gasteiger partial charge in [-0.3, -0.25) is 0 Å². The molecule has 0 atom stereocenters. The lowest BCUT2D eigenvalue weighted by Crippen LogP contribution is -2.23. The summed E-state index contributed by atoms with van der Waals surface area (Å²) in [5, 5.41) is 3.30. The van der Waals surface area contributed by atoms with Crippen molar-refractivity contribution in [3.8, 4) is 0 Å². The maximum Gasteiger partial charge on any atom is 0.429 e. The van der Waals surface area contributed by atoms with E-state index in [1.54, 1.807) is 32.0 Å². The molecule has 1 aromatic carbocycles. The highest BCUT2D eigenvalue weighted by molar-refractivity contribution is 6.30. The van der Waals surface area contributed by atoms with Gasteiger partial charge in [-0.25, -0.2) is 9.98 Å². The maximum absolute atomic E-state index is 12.8. The minimum absolute atomic E-state index is 0.219. The molecule has 1 rings (SSSR count). The number of anilines is 1. The zero-order valence-electron chi connectivity index (χ0n) is 14.3. The summed E-state index contributed by atoms with van der Waals surface area (Å²) in [4.78, 5) is 7.53. The number of methoxy groups -OCH3 is 1. The largest absolute Gasteiger partial charge is 0.497 e. The van der Waals surface area contributed by atoms with Crippen molar-refractivity contribution in [1.82, 2.24) is 0 Å². The number of ether oxygens (including phenoxy) is 1. The first-order valence-corrected chi connectivity index (χ1v) is 7.56. The lowest BCUT2D eigenvalue weighted by Gasteiger charge is -2.11. The first kappa shape index (κ1) is 20.8. The Bertz CT molecular complexity index is 737. The summed E-state index contributed by atoms with van der Waals surface area (Å²) >= 11 is 5.88. The number of aliphatic imine (C=N–C) groups is 2. The third-order valence-electron chi connectivity index (χ3n) is 3.19. The Labute approximate surface area is 149 Å². The average Bonchev–Trinajstić information content (AvgIpc) is 2.52. The van der Waals surface area contributed by atoms with E-state index in [2.05, 4.69) is 21.9 Å². The Balaban J connectivity index is 3.26. The highest BCUT2D eigenvalue weighted by Gasteiger charge is 2.32. The molecule has 0 aliphatic heterocycles. The van der Waals surface area contributed by atoms with Gasteiger partial charge in [0.2, 0.25) is 5.96 Å². The predicted molar refractivity (Wildman–Crippen MR) is 96.3 cm³/mol. The van der Waals surface area contributed by atoms with E-state index in [4.69, 9.17) is 16.3 Å². The van der Waals surface area contributed by atoms with E-state index < -0.39 is 11.9 Å². The molecule has 0 amide bonds. The highest BCUT2D eigenvalue weighted by atomic mass is 35.5. The van der Waals surface area contributed by atoms with Crippen LogP contribution in [-0.2, 0) is 4.74 Å². The molecule has 136 valence electrons. The highest BCUT2D eigenvalue weighted by Crippen LogP contribution is 2.21. The molecular formula is C17H19ClF3N3O. The van der Waals surface area contributed by atoms with Crippen LogP contribution in [-0.4, -0.2) is 25.0 Å². The molecule has 0 aliphatic rings. The van der Waals surface area contributed by atoms with Gasteiger partial charge in [-0.1, -0.05) is 18.2 Å². The van der Waals surface area contributed by atoms with E-state index in [9.17, 15) is 13.2 Å². The molecule has 0 aromatic heterocycles. The molecule has 0 radical (unpaired) electrons. The zero-order chi connectivity index (χ0) is 19.2. The third-order valence-corrected chi connectivity index (χ3v) is 3.42. The molecular weight excluding hydrogens is 355 g/mol. The number of benzene rings is 1. The van der Waals surface area contributed by atoms with Gasteiger partial charge in [0.15, 0.2) is 0 Å². The van der Waals surface area contributed by atoms with Crippen LogP contribution in [0.25, 0.3) is 0 Å². The number of alkyl halides is 3. The number of guanidine groups is 1. The van der Waals surface area contributed by atoms with Crippen LogP contribution in [0.1, 0.15) is 19.4 Å². The number of nitrogens with zero attached hydrogens (tertiary/aromatic N) is 2. The summed E-state index contributed by atoms with van der Waals surface area (Å²) < 4.78 is 43.3. The van der Waals surface area contributed by atoms with Crippen molar-refractivity contribution in [2.45, 2.75) is 26.9 Å². The number of rotatable bonds is 4. The smallest absolute Gasteiger partial charge is 0.429 e. The van der Waals surface area contributed by atoms with Crippen molar-refractivity contribution in [3.63, 3.8) is 0 Å². The van der Waals surface area contributed by atoms with Crippen molar-refractivity contribution in [1.29, 1.82) is 0 Å². The predicted octanol–water partition coefficient (Wildman–Crippen LogP) is 5.50. The molecule has 0 bridgehead atoms. The number of hydrogen-bond donors (Lipinski definition) is 1. The van der Waals surface area contributed by atoms with E-state index in [-0.39, 0.29) is 5.96 Å². The summed E-state index contributed by atoms with van der Waals surface area (Å²) in [6, 6.07) is 4.93. The zero-order valence-corrected chi connectivity index (χ0v) is 15.1. The molecule has 8 heteroatoms. The normalized spacial score (nSPS) is 13.7. The number of aryl methyl sites for hydroxylation is 1. The van der Waals surface area contributed by atoms with Gasteiger partial charge >= 0.3 is 6.18 Å². The van der Waals surface area contributed by atoms with Gasteiger partial charge < -0.3 is 10.1 Å². The SMILES string of the molecule is C=C(OC)/C(C)=C/N=C(\N=C(/C)C(F)(F)F)Nc1ccc(Cl)cc1C. The van der Waals surface area contributed by atoms with Crippen molar-refractivity contribution >= 4 is 29.0 Å². The van der Waals surface area contributed by atoms with Crippen molar-refractivity contribution in [2.24, 2.45) is 9.98 Å². The lowest BCUT2D eigenvalue weighted by atomic mass is 10.2. The van der Waals surface area contributed by atoms with Crippen LogP contribution in [0.15, 0.2) is 52.3 Å². The molecule has 25 heavy (non-hydrogen) atoms. The van der Waals surface area contributed by atoms with Gasteiger partial charge in [-0.15, -0.1) is 0 Å². The molecule has 0 saturated heterocycles. The van der Waals surface area contributed by atoms with Gasteiger partial charge in [0.25, 0.3) is 0 Å². The summed E-state index contributed by atoms with van der Waals surface area (Å²) in [7, 11) is 1.44. The molecule has 0 unspecified atom stereocenters. The molecule has 0 saturated carbocycles. The second-order valence-corrected chi connectivity index (χ2v) is 5.61. The van der Waals surface area contributed by atoms with Crippen LogP contribution >= 0.6 is 11.6 Å². The Morgan fingerprint density at radius 1 is 1.32 bits per heavy atom. The lowest BCUT2D eigenvalue weighted by molar-refractivity contribution is -0.0590. The van der Waals surface area contributed by atoms with E-state index in [1.807, 2.05) is 0 Å². The molecule has 0 aliphatic carbocycles. The second kappa shape index (κ2) is 8.71. The molecule has 0 fully saturated rings. The monoisotopic (exact) mass is 373 g/mol. The third kappa shape index (κ3) is 6.62. The van der Waals surface area contributed by atoms with Crippen molar-refractivity contribution < 1.29 is 17.9 Å². The quantitative estimate of drug-likeness (QED) is 0.327. The van der Waals surface area contributed by atoms with Gasteiger partial charge in [-0.05, 0) is 44.5 Å². The first-order valence-electron chi connectivity index (χ1n) is 7.18. The summed E-state index contributed by atoms with van der Waals surface area (Å²) in [6.45, 7) is 7.95. The Hall–Kier alpha value is -2.28. The summed E-state index contributed by atoms with van der Waals surface area (Å²) in [6.07, 6.45) is -3.22. The van der Waals surface area contributed by atoms with Crippen LogP contribution in [0.4, 0.5) is 18.9 Å². The van der Waals surface area contributed by atoms with E-state index in [0.717, 1.165) is 12.5 Å². The minimum Gasteiger partial charge on any atom is -0.497 e. The number of nitrogens with one attached hydrogen (secondary N) is 1. The maximum atomic E-state index is 12.8. The van der Waals surface area contributed by atoms with Crippen molar-refractivity contribution in [3.05, 3.63) is 52.9 Å². The Morgan fingerprint density at radius 3 is 2.48 bits per heavy atom. The van der Waals surface area contributed by atoms with Gasteiger partial charge in [0, 0.05) is 22.5 Å². The van der Waals surface area contributed by atoms with Crippen LogP contribution in [0, 0.1) is 6.92 Å². The summed E-state index contributed by atoms with van der Waals surface area (Å²) in [5.41, 5.74) is 0.803. The molecule has 1 N–H and O–H groups in total. The summed E-state index contributed by atoms with van der Waals surface area (Å²) in [5.74, 6) is 0.130.